The van der Waals surface area contributed by atoms with E-state index in [1.54, 1.807) is 14.2 Å². The molecule has 1 amide bonds. The molecule has 2 aliphatic rings. The van der Waals surface area contributed by atoms with Gasteiger partial charge in [-0.05, 0) is 68.7 Å². The molecule has 4 atom stereocenters. The van der Waals surface area contributed by atoms with E-state index in [2.05, 4.69) is 36.4 Å². The molecule has 6 heteroatoms. The molecule has 2 saturated carbocycles. The zero-order valence-electron chi connectivity index (χ0n) is 19.4. The summed E-state index contributed by atoms with van der Waals surface area (Å²) in [5.74, 6) is 3.16. The predicted molar refractivity (Wildman–Crippen MR) is 121 cm³/mol. The Morgan fingerprint density at radius 3 is 2.45 bits per heavy atom. The van der Waals surface area contributed by atoms with Crippen molar-refractivity contribution < 1.29 is 14.3 Å². The van der Waals surface area contributed by atoms with E-state index in [-0.39, 0.29) is 11.9 Å². The van der Waals surface area contributed by atoms with E-state index < -0.39 is 0 Å². The van der Waals surface area contributed by atoms with Crippen LogP contribution < -0.4 is 14.8 Å². The zero-order chi connectivity index (χ0) is 22.1. The largest absolute Gasteiger partial charge is 0.493 e. The lowest BCUT2D eigenvalue weighted by molar-refractivity contribution is -0.125. The molecule has 2 fully saturated rings. The molecular weight excluding hydrogens is 390 g/mol. The van der Waals surface area contributed by atoms with Gasteiger partial charge in [-0.3, -0.25) is 9.48 Å². The lowest BCUT2D eigenvalue weighted by Crippen LogP contribution is -2.59. The first-order chi connectivity index (χ1) is 14.9. The normalized spacial score (nSPS) is 24.8. The van der Waals surface area contributed by atoms with Crippen LogP contribution >= 0.6 is 0 Å². The fourth-order valence-electron chi connectivity index (χ4n) is 5.65. The number of aromatic nitrogens is 2. The summed E-state index contributed by atoms with van der Waals surface area (Å²) in [4.78, 5) is 12.9. The number of nitrogens with one attached hydrogen (secondary N) is 1. The minimum absolute atomic E-state index is 0.115. The number of rotatable bonds is 7. The average molecular weight is 426 g/mol. The van der Waals surface area contributed by atoms with Crippen molar-refractivity contribution >= 4 is 5.91 Å². The van der Waals surface area contributed by atoms with Gasteiger partial charge in [0, 0.05) is 30.6 Å². The number of hydrogen-bond acceptors (Lipinski definition) is 4. The second-order valence-electron chi connectivity index (χ2n) is 9.11. The summed E-state index contributed by atoms with van der Waals surface area (Å²) in [5, 5.41) is 7.96. The van der Waals surface area contributed by atoms with Crippen LogP contribution in [0.4, 0.5) is 0 Å². The Morgan fingerprint density at radius 2 is 1.81 bits per heavy atom. The van der Waals surface area contributed by atoms with Gasteiger partial charge in [-0.1, -0.05) is 18.9 Å². The molecule has 2 aliphatic carbocycles. The molecule has 1 aromatic carbocycles. The monoisotopic (exact) mass is 425 g/mol. The maximum Gasteiger partial charge on any atom is 0.222 e. The molecule has 1 heterocycles. The molecule has 0 bridgehead atoms. The summed E-state index contributed by atoms with van der Waals surface area (Å²) in [5.41, 5.74) is 4.62. The Kier molecular flexibility index (Phi) is 6.26. The second-order valence-corrected chi connectivity index (χ2v) is 9.11. The number of ether oxygens (including phenoxy) is 2. The number of amides is 1. The van der Waals surface area contributed by atoms with Gasteiger partial charge in [-0.25, -0.2) is 0 Å². The molecule has 0 unspecified atom stereocenters. The molecule has 1 N–H and O–H groups in total. The van der Waals surface area contributed by atoms with Crippen molar-refractivity contribution in [3.63, 3.8) is 0 Å². The molecule has 2 aromatic rings. The van der Waals surface area contributed by atoms with Crippen molar-refractivity contribution in [1.29, 1.82) is 0 Å². The molecule has 6 nitrogen and oxygen atoms in total. The first-order valence-corrected chi connectivity index (χ1v) is 11.5. The molecule has 0 saturated heterocycles. The van der Waals surface area contributed by atoms with Gasteiger partial charge in [0.25, 0.3) is 0 Å². The molecule has 4 rings (SSSR count). The summed E-state index contributed by atoms with van der Waals surface area (Å²) in [7, 11) is 3.33. The third-order valence-corrected chi connectivity index (χ3v) is 7.60. The number of fused-ring (bicyclic) bond motifs is 1. The van der Waals surface area contributed by atoms with Crippen molar-refractivity contribution in [2.75, 3.05) is 14.2 Å². The van der Waals surface area contributed by atoms with E-state index in [1.807, 2.05) is 17.7 Å². The number of benzene rings is 1. The highest BCUT2D eigenvalue weighted by Gasteiger charge is 2.51. The Labute approximate surface area is 185 Å². The highest BCUT2D eigenvalue weighted by molar-refractivity contribution is 5.76. The minimum Gasteiger partial charge on any atom is -0.493 e. The van der Waals surface area contributed by atoms with Gasteiger partial charge in [-0.2, -0.15) is 5.10 Å². The highest BCUT2D eigenvalue weighted by Crippen LogP contribution is 2.55. The van der Waals surface area contributed by atoms with Gasteiger partial charge in [0.15, 0.2) is 11.5 Å². The number of carbonyl (C=O) groups is 1. The highest BCUT2D eigenvalue weighted by atomic mass is 16.5. The molecule has 0 aliphatic heterocycles. The second kappa shape index (κ2) is 8.93. The number of nitrogens with zero attached hydrogens (tertiary/aromatic N) is 2. The average Bonchev–Trinajstić information content (AvgIpc) is 3.02. The van der Waals surface area contributed by atoms with E-state index in [0.717, 1.165) is 22.9 Å². The van der Waals surface area contributed by atoms with E-state index in [0.29, 0.717) is 30.7 Å². The fourth-order valence-corrected chi connectivity index (χ4v) is 5.65. The zero-order valence-corrected chi connectivity index (χ0v) is 19.4. The molecule has 0 spiro atoms. The summed E-state index contributed by atoms with van der Waals surface area (Å²) in [6.45, 7) is 6.79. The van der Waals surface area contributed by atoms with E-state index in [9.17, 15) is 4.79 Å². The van der Waals surface area contributed by atoms with Crippen molar-refractivity contribution in [3.05, 3.63) is 40.7 Å². The molecule has 0 radical (unpaired) electrons. The quantitative estimate of drug-likeness (QED) is 0.718. The first-order valence-electron chi connectivity index (χ1n) is 11.5. The summed E-state index contributed by atoms with van der Waals surface area (Å²) in [6.07, 6.45) is 5.44. The van der Waals surface area contributed by atoms with Crippen LogP contribution in [0.2, 0.25) is 0 Å². The third kappa shape index (κ3) is 4.04. The van der Waals surface area contributed by atoms with Crippen LogP contribution in [0.5, 0.6) is 11.5 Å². The lowest BCUT2D eigenvalue weighted by Gasteiger charge is -2.55. The van der Waals surface area contributed by atoms with E-state index >= 15 is 0 Å². The first kappa shape index (κ1) is 21.7. The fraction of sp³-hybridized carbons (Fsp3) is 0.600. The van der Waals surface area contributed by atoms with Gasteiger partial charge in [0.1, 0.15) is 0 Å². The maximum absolute atomic E-state index is 12.9. The van der Waals surface area contributed by atoms with Gasteiger partial charge >= 0.3 is 0 Å². The smallest absolute Gasteiger partial charge is 0.222 e. The Balaban J connectivity index is 1.47. The number of aryl methyl sites for hydroxylation is 2. The number of methoxy groups -OCH3 is 2. The summed E-state index contributed by atoms with van der Waals surface area (Å²) < 4.78 is 12.9. The Bertz CT molecular complexity index is 952. The predicted octanol–water partition coefficient (Wildman–Crippen LogP) is 4.30. The van der Waals surface area contributed by atoms with Crippen LogP contribution in [-0.4, -0.2) is 35.9 Å². The Morgan fingerprint density at radius 1 is 1.10 bits per heavy atom. The maximum atomic E-state index is 12.9. The van der Waals surface area contributed by atoms with Crippen LogP contribution in [0.1, 0.15) is 60.5 Å². The van der Waals surface area contributed by atoms with Crippen LogP contribution in [0, 0.1) is 32.6 Å². The number of hydrogen-bond donors (Lipinski definition) is 1. The van der Waals surface area contributed by atoms with Gasteiger partial charge in [-0.15, -0.1) is 0 Å². The van der Waals surface area contributed by atoms with Crippen molar-refractivity contribution in [3.8, 4) is 11.5 Å². The van der Waals surface area contributed by atoms with E-state index in [1.165, 1.54) is 36.8 Å². The lowest BCUT2D eigenvalue weighted by atomic mass is 9.53. The SMILES string of the molecule is COc1ccc([C@H]2[C@@H]3CCCC[C@@H]3[C@@H]2NC(=O)CCn2nc(C)c(C)c2C)cc1OC. The van der Waals surface area contributed by atoms with Crippen LogP contribution in [0.15, 0.2) is 18.2 Å². The molecular formula is C25H35N3O3. The molecule has 168 valence electrons. The van der Waals surface area contributed by atoms with Crippen LogP contribution in [0.3, 0.4) is 0 Å². The Hall–Kier alpha value is -2.50. The number of carbonyl (C=O) groups excluding carboxylic acids is 1. The topological polar surface area (TPSA) is 65.4 Å². The van der Waals surface area contributed by atoms with Gasteiger partial charge in [0.2, 0.25) is 5.91 Å². The van der Waals surface area contributed by atoms with Gasteiger partial charge < -0.3 is 14.8 Å². The summed E-state index contributed by atoms with van der Waals surface area (Å²) >= 11 is 0. The third-order valence-electron chi connectivity index (χ3n) is 7.60. The van der Waals surface area contributed by atoms with Gasteiger partial charge in [0.05, 0.1) is 19.9 Å². The molecule has 1 aromatic heterocycles. The van der Waals surface area contributed by atoms with E-state index in [4.69, 9.17) is 9.47 Å². The van der Waals surface area contributed by atoms with Crippen molar-refractivity contribution in [2.45, 2.75) is 71.4 Å². The standard InChI is InChI=1S/C25H35N3O3/c1-15-16(2)27-28(17(15)3)13-12-23(29)26-25-20-9-7-6-8-19(20)24(25)18-10-11-21(30-4)22(14-18)31-5/h10-11,14,19-20,24-25H,6-9,12-13H2,1-5H3,(H,26,29)/t19-,20+,24+,25+/m1/s1. The van der Waals surface area contributed by atoms with Crippen molar-refractivity contribution in [2.24, 2.45) is 11.8 Å². The molecule has 31 heavy (non-hydrogen) atoms. The summed E-state index contributed by atoms with van der Waals surface area (Å²) in [6, 6.07) is 6.40. The van der Waals surface area contributed by atoms with Crippen molar-refractivity contribution in [1.82, 2.24) is 15.1 Å². The van der Waals surface area contributed by atoms with Crippen LogP contribution in [-0.2, 0) is 11.3 Å². The minimum atomic E-state index is 0.115. The van der Waals surface area contributed by atoms with Crippen LogP contribution in [0.25, 0.3) is 0 Å².